The Bertz CT molecular complexity index is 858. The van der Waals surface area contributed by atoms with E-state index in [-0.39, 0.29) is 5.91 Å². The van der Waals surface area contributed by atoms with Crippen LogP contribution in [0.25, 0.3) is 0 Å². The van der Waals surface area contributed by atoms with E-state index in [0.29, 0.717) is 37.6 Å². The molecule has 8 nitrogen and oxygen atoms in total. The Morgan fingerprint density at radius 1 is 0.692 bits per heavy atom. The molecule has 0 bridgehead atoms. The predicted molar refractivity (Wildman–Crippen MR) is 156 cm³/mol. The van der Waals surface area contributed by atoms with Crippen molar-refractivity contribution in [1.82, 2.24) is 15.4 Å². The molecular formula is C30H53N3O5S. The van der Waals surface area contributed by atoms with Gasteiger partial charge in [0.15, 0.2) is 0 Å². The average molecular weight is 568 g/mol. The average Bonchev–Trinajstić information content (AvgIpc) is 3.15. The smallest absolute Gasteiger partial charge is 0.309 e. The van der Waals surface area contributed by atoms with Crippen molar-refractivity contribution in [2.45, 2.75) is 134 Å². The molecule has 2 rings (SSSR count). The first-order valence-electron chi connectivity index (χ1n) is 15.5. The van der Waals surface area contributed by atoms with E-state index in [0.717, 1.165) is 64.2 Å². The topological polar surface area (TPSA) is 121 Å². The normalized spacial score (nSPS) is 21.6. The number of rotatable bonds is 17. The molecule has 2 atom stereocenters. The van der Waals surface area contributed by atoms with Crippen LogP contribution in [0.2, 0.25) is 0 Å². The van der Waals surface area contributed by atoms with Crippen LogP contribution in [0.3, 0.4) is 0 Å². The fourth-order valence-corrected chi connectivity index (χ4v) is 7.52. The van der Waals surface area contributed by atoms with Gasteiger partial charge < -0.3 is 10.6 Å². The van der Waals surface area contributed by atoms with Crippen LogP contribution in [-0.2, 0) is 24.4 Å². The van der Waals surface area contributed by atoms with Crippen molar-refractivity contribution in [2.75, 3.05) is 13.6 Å². The van der Waals surface area contributed by atoms with Gasteiger partial charge in [-0.15, -0.1) is 0 Å². The predicted octanol–water partition coefficient (Wildman–Crippen LogP) is 5.28. The highest BCUT2D eigenvalue weighted by molar-refractivity contribution is 7.90. The molecule has 0 saturated heterocycles. The largest absolute Gasteiger partial charge is 0.351 e. The van der Waals surface area contributed by atoms with Gasteiger partial charge in [0.05, 0.1) is 5.25 Å². The number of likely N-dealkylation sites (N-methyl/N-ethyl adjacent to an activating group) is 1. The molecule has 224 valence electrons. The minimum Gasteiger partial charge on any atom is -0.351 e. The van der Waals surface area contributed by atoms with E-state index in [9.17, 15) is 22.8 Å². The van der Waals surface area contributed by atoms with Crippen molar-refractivity contribution in [3.63, 3.8) is 0 Å². The monoisotopic (exact) mass is 567 g/mol. The number of carbonyl (C=O) groups excluding carboxylic acids is 3. The zero-order chi connectivity index (χ0) is 28.3. The van der Waals surface area contributed by atoms with Crippen LogP contribution >= 0.6 is 0 Å². The van der Waals surface area contributed by atoms with Crippen molar-refractivity contribution in [2.24, 2.45) is 11.8 Å². The van der Waals surface area contributed by atoms with Crippen LogP contribution < -0.4 is 15.4 Å². The third-order valence-electron chi connectivity index (χ3n) is 8.44. The number of unbranched alkanes of at least 4 members (excludes halogenated alkanes) is 9. The highest BCUT2D eigenvalue weighted by atomic mass is 32.2. The Morgan fingerprint density at radius 3 is 1.82 bits per heavy atom. The number of hydrogen-bond acceptors (Lipinski definition) is 5. The third kappa shape index (κ3) is 13.8. The molecule has 2 aliphatic carbocycles. The number of nitrogens with one attached hydrogen (secondary N) is 3. The van der Waals surface area contributed by atoms with E-state index >= 15 is 0 Å². The molecule has 2 aliphatic rings. The lowest BCUT2D eigenvalue weighted by Gasteiger charge is -2.29. The van der Waals surface area contributed by atoms with Gasteiger partial charge in [0.25, 0.3) is 0 Å². The SMILES string of the molecule is CNC(=O)C(=O)NCCCCC=CCCCCCCCCCC(=O)NS(=O)(=O)C1CCC2CCCCC2CC1. The molecule has 0 spiro atoms. The molecule has 0 aliphatic heterocycles. The van der Waals surface area contributed by atoms with E-state index in [1.54, 1.807) is 0 Å². The van der Waals surface area contributed by atoms with E-state index in [1.165, 1.54) is 52.0 Å². The maximum absolute atomic E-state index is 12.8. The van der Waals surface area contributed by atoms with Gasteiger partial charge in [-0.1, -0.05) is 69.9 Å². The van der Waals surface area contributed by atoms with Crippen LogP contribution in [0.5, 0.6) is 0 Å². The zero-order valence-electron chi connectivity index (χ0n) is 24.2. The molecular weight excluding hydrogens is 514 g/mol. The summed E-state index contributed by atoms with van der Waals surface area (Å²) in [6.45, 7) is 0.519. The quantitative estimate of drug-likeness (QED) is 0.125. The van der Waals surface area contributed by atoms with Gasteiger partial charge in [0, 0.05) is 20.0 Å². The van der Waals surface area contributed by atoms with Gasteiger partial charge in [-0.05, 0) is 76.0 Å². The summed E-state index contributed by atoms with van der Waals surface area (Å²) in [5, 5.41) is 4.49. The van der Waals surface area contributed by atoms with Gasteiger partial charge in [0.1, 0.15) is 0 Å². The number of allylic oxidation sites excluding steroid dienone is 2. The molecule has 2 unspecified atom stereocenters. The number of carbonyl (C=O) groups is 3. The van der Waals surface area contributed by atoms with E-state index in [1.807, 2.05) is 0 Å². The highest BCUT2D eigenvalue weighted by Gasteiger charge is 2.35. The number of amides is 3. The summed E-state index contributed by atoms with van der Waals surface area (Å²) in [6, 6.07) is 0. The van der Waals surface area contributed by atoms with Crippen molar-refractivity contribution >= 4 is 27.7 Å². The van der Waals surface area contributed by atoms with E-state index in [4.69, 9.17) is 0 Å². The first kappa shape index (κ1) is 33.3. The van der Waals surface area contributed by atoms with Crippen LogP contribution in [0.15, 0.2) is 12.2 Å². The molecule has 9 heteroatoms. The second-order valence-corrected chi connectivity index (χ2v) is 13.4. The van der Waals surface area contributed by atoms with Gasteiger partial charge in [0.2, 0.25) is 15.9 Å². The number of hydrogen-bond donors (Lipinski definition) is 3. The van der Waals surface area contributed by atoms with Crippen molar-refractivity contribution in [3.05, 3.63) is 12.2 Å². The summed E-state index contributed by atoms with van der Waals surface area (Å²) in [5.41, 5.74) is 0. The zero-order valence-corrected chi connectivity index (χ0v) is 25.0. The standard InChI is InChI=1S/C30H53N3O5S/c1-31-29(35)30(36)32-24-16-12-10-8-6-4-2-3-5-7-9-11-13-19-28(34)33-39(37,38)27-22-20-25-17-14-15-18-26(25)21-23-27/h6,8,25-27H,2-5,7,9-24H2,1H3,(H,31,35)(H,32,36)(H,33,34). The summed E-state index contributed by atoms with van der Waals surface area (Å²) < 4.78 is 28.0. The molecule has 0 aromatic heterocycles. The van der Waals surface area contributed by atoms with Gasteiger partial charge >= 0.3 is 11.8 Å². The molecule has 2 saturated carbocycles. The molecule has 0 aromatic carbocycles. The van der Waals surface area contributed by atoms with E-state index < -0.39 is 27.1 Å². The van der Waals surface area contributed by atoms with Crippen molar-refractivity contribution < 1.29 is 22.8 Å². The maximum Gasteiger partial charge on any atom is 0.309 e. The van der Waals surface area contributed by atoms with Crippen molar-refractivity contribution in [3.8, 4) is 0 Å². The molecule has 3 N–H and O–H groups in total. The lowest BCUT2D eigenvalue weighted by atomic mass is 9.77. The minimum absolute atomic E-state index is 0.294. The van der Waals surface area contributed by atoms with Crippen LogP contribution in [-0.4, -0.2) is 45.0 Å². The maximum atomic E-state index is 12.8. The molecule has 2 fully saturated rings. The lowest BCUT2D eigenvalue weighted by Crippen LogP contribution is -2.38. The molecule has 3 amide bonds. The first-order valence-corrected chi connectivity index (χ1v) is 17.1. The minimum atomic E-state index is -3.56. The Labute approximate surface area is 237 Å². The van der Waals surface area contributed by atoms with Gasteiger partial charge in [-0.2, -0.15) is 0 Å². The highest BCUT2D eigenvalue weighted by Crippen LogP contribution is 2.40. The molecule has 0 aromatic rings. The Hall–Kier alpha value is -1.90. The summed E-state index contributed by atoms with van der Waals surface area (Å²) >= 11 is 0. The second kappa shape index (κ2) is 19.2. The lowest BCUT2D eigenvalue weighted by molar-refractivity contribution is -0.138. The Kier molecular flexibility index (Phi) is 16.4. The molecule has 39 heavy (non-hydrogen) atoms. The summed E-state index contributed by atoms with van der Waals surface area (Å²) in [4.78, 5) is 34.7. The third-order valence-corrected chi connectivity index (χ3v) is 10.3. The van der Waals surface area contributed by atoms with E-state index in [2.05, 4.69) is 27.5 Å². The summed E-state index contributed by atoms with van der Waals surface area (Å²) in [5.74, 6) is -0.143. The fourth-order valence-electron chi connectivity index (χ4n) is 6.04. The number of fused-ring (bicyclic) bond motifs is 1. The Morgan fingerprint density at radius 2 is 1.23 bits per heavy atom. The van der Waals surface area contributed by atoms with Crippen molar-refractivity contribution in [1.29, 1.82) is 0 Å². The molecule has 0 radical (unpaired) electrons. The van der Waals surface area contributed by atoms with Gasteiger partial charge in [-0.25, -0.2) is 8.42 Å². The van der Waals surface area contributed by atoms with Crippen LogP contribution in [0.1, 0.15) is 128 Å². The first-order chi connectivity index (χ1) is 18.8. The van der Waals surface area contributed by atoms with Crippen LogP contribution in [0, 0.1) is 11.8 Å². The second-order valence-electron chi connectivity index (χ2n) is 11.5. The number of sulfonamides is 1. The summed E-state index contributed by atoms with van der Waals surface area (Å²) in [6.07, 6.45) is 24.5. The van der Waals surface area contributed by atoms with Gasteiger partial charge in [-0.3, -0.25) is 19.1 Å². The Balaban J connectivity index is 1.41. The fraction of sp³-hybridized carbons (Fsp3) is 0.833. The molecule has 0 heterocycles. The summed E-state index contributed by atoms with van der Waals surface area (Å²) in [7, 11) is -2.12. The van der Waals surface area contributed by atoms with Crippen LogP contribution in [0.4, 0.5) is 0 Å².